The van der Waals surface area contributed by atoms with E-state index < -0.39 is 5.60 Å². The van der Waals surface area contributed by atoms with Crippen molar-refractivity contribution in [2.45, 2.75) is 71.2 Å². The summed E-state index contributed by atoms with van der Waals surface area (Å²) in [5.41, 5.74) is 3.81. The minimum absolute atomic E-state index is 0.112. The Morgan fingerprint density at radius 3 is 2.66 bits per heavy atom. The SMILES string of the molecule is COc1c(CCCN(C)C(=O)OC(C)(C)C)c(-c2ccccc2CCOC2CCCCO2)cc2c1OCO2. The first kappa shape index (κ1) is 28.0. The number of benzene rings is 2. The molecule has 1 unspecified atom stereocenters. The summed E-state index contributed by atoms with van der Waals surface area (Å²) in [5.74, 6) is 1.98. The van der Waals surface area contributed by atoms with Gasteiger partial charge in [-0.15, -0.1) is 0 Å². The fourth-order valence-electron chi connectivity index (χ4n) is 4.82. The van der Waals surface area contributed by atoms with Gasteiger partial charge >= 0.3 is 6.09 Å². The quantitative estimate of drug-likeness (QED) is 0.376. The van der Waals surface area contributed by atoms with Gasteiger partial charge in [0.15, 0.2) is 17.8 Å². The molecule has 2 aromatic carbocycles. The van der Waals surface area contributed by atoms with Crippen LogP contribution in [0.15, 0.2) is 30.3 Å². The summed E-state index contributed by atoms with van der Waals surface area (Å²) in [6, 6.07) is 10.4. The van der Waals surface area contributed by atoms with E-state index in [1.54, 1.807) is 19.1 Å². The van der Waals surface area contributed by atoms with Gasteiger partial charge in [-0.25, -0.2) is 4.79 Å². The third kappa shape index (κ3) is 7.11. The lowest BCUT2D eigenvalue weighted by Crippen LogP contribution is -2.34. The van der Waals surface area contributed by atoms with E-state index in [9.17, 15) is 4.79 Å². The van der Waals surface area contributed by atoms with Gasteiger partial charge in [-0.2, -0.15) is 0 Å². The van der Waals surface area contributed by atoms with Crippen molar-refractivity contribution in [3.05, 3.63) is 41.5 Å². The Kier molecular flexibility index (Phi) is 9.39. The summed E-state index contributed by atoms with van der Waals surface area (Å²) in [5, 5.41) is 0. The summed E-state index contributed by atoms with van der Waals surface area (Å²) < 4.78 is 34.7. The summed E-state index contributed by atoms with van der Waals surface area (Å²) in [6.45, 7) is 7.66. The predicted molar refractivity (Wildman–Crippen MR) is 145 cm³/mol. The molecule has 8 nitrogen and oxygen atoms in total. The average molecular weight is 528 g/mol. The van der Waals surface area contributed by atoms with Crippen molar-refractivity contribution in [1.29, 1.82) is 0 Å². The molecule has 208 valence electrons. The van der Waals surface area contributed by atoms with Crippen LogP contribution in [0, 0.1) is 0 Å². The third-order valence-corrected chi connectivity index (χ3v) is 6.67. The highest BCUT2D eigenvalue weighted by molar-refractivity contribution is 5.78. The maximum absolute atomic E-state index is 12.4. The monoisotopic (exact) mass is 527 g/mol. The minimum Gasteiger partial charge on any atom is -0.492 e. The van der Waals surface area contributed by atoms with E-state index in [2.05, 4.69) is 18.2 Å². The largest absolute Gasteiger partial charge is 0.492 e. The zero-order valence-corrected chi connectivity index (χ0v) is 23.3. The van der Waals surface area contributed by atoms with Gasteiger partial charge in [-0.3, -0.25) is 0 Å². The molecule has 2 aliphatic heterocycles. The first-order chi connectivity index (χ1) is 18.3. The lowest BCUT2D eigenvalue weighted by molar-refractivity contribution is -0.161. The van der Waals surface area contributed by atoms with Crippen LogP contribution >= 0.6 is 0 Å². The molecule has 2 aliphatic rings. The van der Waals surface area contributed by atoms with Crippen molar-refractivity contribution in [2.24, 2.45) is 0 Å². The van der Waals surface area contributed by atoms with Crippen molar-refractivity contribution in [3.8, 4) is 28.4 Å². The lowest BCUT2D eigenvalue weighted by atomic mass is 9.91. The fraction of sp³-hybridized carbons (Fsp3) is 0.567. The van der Waals surface area contributed by atoms with Crippen molar-refractivity contribution in [3.63, 3.8) is 0 Å². The molecule has 0 spiro atoms. The maximum Gasteiger partial charge on any atom is 0.410 e. The molecule has 4 rings (SSSR count). The van der Waals surface area contributed by atoms with Gasteiger partial charge in [0, 0.05) is 25.8 Å². The molecule has 1 fully saturated rings. The molecule has 2 heterocycles. The molecule has 0 aromatic heterocycles. The number of carbonyl (C=O) groups is 1. The van der Waals surface area contributed by atoms with E-state index in [0.29, 0.717) is 36.8 Å². The molecule has 0 bridgehead atoms. The van der Waals surface area contributed by atoms with Gasteiger partial charge in [0.05, 0.1) is 13.7 Å². The summed E-state index contributed by atoms with van der Waals surface area (Å²) in [7, 11) is 3.42. The third-order valence-electron chi connectivity index (χ3n) is 6.67. The van der Waals surface area contributed by atoms with E-state index in [1.165, 1.54) is 5.56 Å². The highest BCUT2D eigenvalue weighted by atomic mass is 16.7. The van der Waals surface area contributed by atoms with E-state index in [0.717, 1.165) is 55.4 Å². The average Bonchev–Trinajstić information content (AvgIpc) is 3.36. The molecule has 2 aromatic rings. The standard InChI is InChI=1S/C30H41NO7/c1-30(2,3)38-29(32)31(4)16-10-13-23-24(19-25-28(27(23)33-5)37-20-36-25)22-12-7-6-11-21(22)15-18-35-26-14-8-9-17-34-26/h6-7,11-12,19,26H,8-10,13-18,20H2,1-5H3. The highest BCUT2D eigenvalue weighted by Crippen LogP contribution is 2.48. The van der Waals surface area contributed by atoms with Crippen LogP contribution in [0.2, 0.25) is 0 Å². The summed E-state index contributed by atoms with van der Waals surface area (Å²) >= 11 is 0. The number of ether oxygens (including phenoxy) is 6. The highest BCUT2D eigenvalue weighted by Gasteiger charge is 2.27. The zero-order chi connectivity index (χ0) is 27.1. The van der Waals surface area contributed by atoms with Crippen molar-refractivity contribution in [2.75, 3.05) is 40.7 Å². The minimum atomic E-state index is -0.532. The Hall–Kier alpha value is -2.97. The van der Waals surface area contributed by atoms with Gasteiger partial charge in [-0.05, 0) is 82.1 Å². The molecular formula is C30H41NO7. The van der Waals surface area contributed by atoms with E-state index in [1.807, 2.05) is 32.9 Å². The first-order valence-electron chi connectivity index (χ1n) is 13.5. The van der Waals surface area contributed by atoms with Crippen LogP contribution in [0.5, 0.6) is 17.2 Å². The van der Waals surface area contributed by atoms with Crippen LogP contribution in [0.3, 0.4) is 0 Å². The number of fused-ring (bicyclic) bond motifs is 1. The van der Waals surface area contributed by atoms with Crippen molar-refractivity contribution in [1.82, 2.24) is 4.90 Å². The Morgan fingerprint density at radius 1 is 1.11 bits per heavy atom. The number of amides is 1. The van der Waals surface area contributed by atoms with Gasteiger partial charge in [0.2, 0.25) is 12.5 Å². The molecule has 38 heavy (non-hydrogen) atoms. The Bertz CT molecular complexity index is 1090. The number of hydrogen-bond donors (Lipinski definition) is 0. The summed E-state index contributed by atoms with van der Waals surface area (Å²) in [4.78, 5) is 14.1. The normalized spacial score (nSPS) is 16.8. The number of carbonyl (C=O) groups excluding carboxylic acids is 1. The second kappa shape index (κ2) is 12.7. The molecule has 0 saturated carbocycles. The molecule has 0 radical (unpaired) electrons. The summed E-state index contributed by atoms with van der Waals surface area (Å²) in [6.07, 6.45) is 4.92. The molecule has 1 atom stereocenters. The zero-order valence-electron chi connectivity index (χ0n) is 23.3. The number of nitrogens with zero attached hydrogens (tertiary/aromatic N) is 1. The van der Waals surface area contributed by atoms with Crippen LogP contribution in [-0.4, -0.2) is 63.6 Å². The first-order valence-corrected chi connectivity index (χ1v) is 13.5. The van der Waals surface area contributed by atoms with Crippen molar-refractivity contribution < 1.29 is 33.2 Å². The van der Waals surface area contributed by atoms with Crippen LogP contribution < -0.4 is 14.2 Å². The lowest BCUT2D eigenvalue weighted by Gasteiger charge is -2.25. The smallest absolute Gasteiger partial charge is 0.410 e. The second-order valence-electron chi connectivity index (χ2n) is 10.7. The number of rotatable bonds is 10. The molecule has 0 N–H and O–H groups in total. The fourth-order valence-corrected chi connectivity index (χ4v) is 4.82. The molecular weight excluding hydrogens is 486 g/mol. The van der Waals surface area contributed by atoms with Gasteiger partial charge in [0.25, 0.3) is 0 Å². The molecule has 0 aliphatic carbocycles. The van der Waals surface area contributed by atoms with Crippen LogP contribution in [0.25, 0.3) is 11.1 Å². The maximum atomic E-state index is 12.4. The van der Waals surface area contributed by atoms with E-state index in [-0.39, 0.29) is 19.2 Å². The van der Waals surface area contributed by atoms with Gasteiger partial charge in [0.1, 0.15) is 5.60 Å². The van der Waals surface area contributed by atoms with Gasteiger partial charge < -0.3 is 33.3 Å². The Labute approximate surface area is 226 Å². The number of methoxy groups -OCH3 is 1. The van der Waals surface area contributed by atoms with Crippen LogP contribution in [-0.2, 0) is 27.1 Å². The number of hydrogen-bond acceptors (Lipinski definition) is 7. The molecule has 1 saturated heterocycles. The Morgan fingerprint density at radius 2 is 1.92 bits per heavy atom. The van der Waals surface area contributed by atoms with Crippen LogP contribution in [0.4, 0.5) is 4.79 Å². The van der Waals surface area contributed by atoms with E-state index in [4.69, 9.17) is 28.4 Å². The van der Waals surface area contributed by atoms with Gasteiger partial charge in [-0.1, -0.05) is 24.3 Å². The topological polar surface area (TPSA) is 75.7 Å². The second-order valence-corrected chi connectivity index (χ2v) is 10.7. The molecule has 1 amide bonds. The molecule has 8 heteroatoms. The predicted octanol–water partition coefficient (Wildman–Crippen LogP) is 5.98. The van der Waals surface area contributed by atoms with E-state index >= 15 is 0 Å². The Balaban J connectivity index is 1.55. The van der Waals surface area contributed by atoms with Crippen LogP contribution in [0.1, 0.15) is 57.6 Å². The van der Waals surface area contributed by atoms with Crippen molar-refractivity contribution >= 4 is 6.09 Å².